The lowest BCUT2D eigenvalue weighted by Crippen LogP contribution is -2.48. The molecule has 1 fully saturated rings. The van der Waals surface area contributed by atoms with Gasteiger partial charge in [-0.3, -0.25) is 9.48 Å². The number of methoxy groups -OCH3 is 2. The summed E-state index contributed by atoms with van der Waals surface area (Å²) in [5.41, 5.74) is 7.49. The van der Waals surface area contributed by atoms with E-state index in [4.69, 9.17) is 14.2 Å². The van der Waals surface area contributed by atoms with Crippen LogP contribution in [-0.2, 0) is 35.3 Å². The van der Waals surface area contributed by atoms with Gasteiger partial charge in [0.2, 0.25) is 0 Å². The minimum absolute atomic E-state index is 0.209. The third-order valence-corrected chi connectivity index (χ3v) is 7.37. The van der Waals surface area contributed by atoms with Crippen LogP contribution in [0.2, 0.25) is 0 Å². The summed E-state index contributed by atoms with van der Waals surface area (Å²) in [6.45, 7) is 2.11. The molecule has 0 saturated carbocycles. The smallest absolute Gasteiger partial charge is 0.255 e. The molecule has 1 aliphatic carbocycles. The summed E-state index contributed by atoms with van der Waals surface area (Å²) in [6, 6.07) is 10.2. The number of benzene rings is 2. The molecule has 8 nitrogen and oxygen atoms in total. The first-order valence-corrected chi connectivity index (χ1v) is 13.0. The first-order valence-electron chi connectivity index (χ1n) is 13.0. The Morgan fingerprint density at radius 1 is 1.19 bits per heavy atom. The maximum atomic E-state index is 13.4. The lowest BCUT2D eigenvalue weighted by molar-refractivity contribution is -0.0261. The van der Waals surface area contributed by atoms with Gasteiger partial charge in [0.1, 0.15) is 5.75 Å². The Labute approximate surface area is 217 Å². The van der Waals surface area contributed by atoms with Crippen molar-refractivity contribution in [3.63, 3.8) is 0 Å². The Morgan fingerprint density at radius 3 is 2.76 bits per heavy atom. The summed E-state index contributed by atoms with van der Waals surface area (Å²) in [4.78, 5) is 13.4. The van der Waals surface area contributed by atoms with Crippen molar-refractivity contribution in [3.8, 4) is 16.9 Å². The molecule has 1 saturated heterocycles. The quantitative estimate of drug-likeness (QED) is 0.464. The van der Waals surface area contributed by atoms with E-state index in [1.54, 1.807) is 14.2 Å². The number of carbonyl (C=O) groups excluding carboxylic acids is 1. The Morgan fingerprint density at radius 2 is 2.00 bits per heavy atom. The third-order valence-electron chi connectivity index (χ3n) is 7.37. The van der Waals surface area contributed by atoms with E-state index >= 15 is 0 Å². The van der Waals surface area contributed by atoms with Crippen molar-refractivity contribution >= 4 is 5.91 Å². The van der Waals surface area contributed by atoms with Crippen LogP contribution >= 0.6 is 0 Å². The van der Waals surface area contributed by atoms with Crippen molar-refractivity contribution in [1.82, 2.24) is 15.1 Å². The van der Waals surface area contributed by atoms with Gasteiger partial charge >= 0.3 is 0 Å². The van der Waals surface area contributed by atoms with E-state index in [9.17, 15) is 9.90 Å². The predicted octanol–water partition coefficient (Wildman–Crippen LogP) is 3.16. The number of aromatic nitrogens is 2. The molecule has 37 heavy (non-hydrogen) atoms. The highest BCUT2D eigenvalue weighted by atomic mass is 16.5. The van der Waals surface area contributed by atoms with Crippen LogP contribution in [0.25, 0.3) is 11.1 Å². The highest BCUT2D eigenvalue weighted by molar-refractivity contribution is 5.98. The summed E-state index contributed by atoms with van der Waals surface area (Å²) in [5.74, 6) is 0.454. The minimum Gasteiger partial charge on any atom is -0.496 e. The van der Waals surface area contributed by atoms with Gasteiger partial charge in [-0.05, 0) is 66.0 Å². The van der Waals surface area contributed by atoms with Crippen molar-refractivity contribution < 1.29 is 24.1 Å². The molecule has 0 bridgehead atoms. The fourth-order valence-corrected chi connectivity index (χ4v) is 5.39. The van der Waals surface area contributed by atoms with Crippen LogP contribution in [0, 0.1) is 0 Å². The number of amides is 1. The topological polar surface area (TPSA) is 94.8 Å². The molecule has 196 valence electrons. The highest BCUT2D eigenvalue weighted by Crippen LogP contribution is 2.37. The van der Waals surface area contributed by atoms with E-state index in [0.29, 0.717) is 30.9 Å². The third kappa shape index (κ3) is 5.56. The van der Waals surface area contributed by atoms with Crippen molar-refractivity contribution in [2.75, 3.05) is 34.0 Å². The highest BCUT2D eigenvalue weighted by Gasteiger charge is 2.29. The minimum atomic E-state index is -0.705. The van der Waals surface area contributed by atoms with Crippen molar-refractivity contribution in [1.29, 1.82) is 0 Å². The second-order valence-corrected chi connectivity index (χ2v) is 9.80. The molecule has 8 heteroatoms. The molecule has 2 aromatic carbocycles. The SMILES string of the molecule is COCCn1cc(-c2ccc(Cc3cc(C(=O)N[C@H]4CCOC[C@@H]4O)c(OC)c4c3CCC4)cc2)cn1. The molecule has 1 amide bonds. The van der Waals surface area contributed by atoms with Gasteiger partial charge < -0.3 is 24.6 Å². The average Bonchev–Trinajstić information content (AvgIpc) is 3.59. The van der Waals surface area contributed by atoms with E-state index in [-0.39, 0.29) is 18.6 Å². The van der Waals surface area contributed by atoms with Crippen LogP contribution in [0.5, 0.6) is 5.75 Å². The molecule has 2 N–H and O–H groups in total. The fraction of sp³-hybridized carbons (Fsp3) is 0.448. The number of aliphatic hydroxyl groups is 1. The van der Waals surface area contributed by atoms with Crippen molar-refractivity contribution in [3.05, 3.63) is 70.5 Å². The first kappa shape index (κ1) is 25.4. The van der Waals surface area contributed by atoms with Crippen LogP contribution < -0.4 is 10.1 Å². The van der Waals surface area contributed by atoms with E-state index < -0.39 is 6.10 Å². The molecule has 0 spiro atoms. The first-order chi connectivity index (χ1) is 18.1. The molecule has 1 aliphatic heterocycles. The average molecular weight is 506 g/mol. The summed E-state index contributed by atoms with van der Waals surface area (Å²) < 4.78 is 18.1. The molecule has 2 heterocycles. The standard InChI is InChI=1S/C29H35N3O5/c1-35-13-11-32-17-22(16-30-32)20-8-6-19(7-9-20)14-21-15-25(28(36-2)24-5-3-4-23(21)24)29(34)31-26-10-12-37-18-27(26)33/h6-9,15-17,26-27,33H,3-5,10-14,18H2,1-2H3,(H,31,34)/t26-,27-/m0/s1. The molecule has 1 aromatic heterocycles. The van der Waals surface area contributed by atoms with Crippen molar-refractivity contribution in [2.45, 2.75) is 50.8 Å². The van der Waals surface area contributed by atoms with Gasteiger partial charge in [0.15, 0.2) is 0 Å². The molecule has 0 unspecified atom stereocenters. The van der Waals surface area contributed by atoms with Crippen LogP contribution in [0.15, 0.2) is 42.7 Å². The Balaban J connectivity index is 1.38. The summed E-state index contributed by atoms with van der Waals surface area (Å²) in [7, 11) is 3.32. The zero-order valence-electron chi connectivity index (χ0n) is 21.5. The zero-order valence-corrected chi connectivity index (χ0v) is 21.5. The van der Waals surface area contributed by atoms with Gasteiger partial charge in [-0.2, -0.15) is 5.10 Å². The Kier molecular flexibility index (Phi) is 7.88. The maximum Gasteiger partial charge on any atom is 0.255 e. The van der Waals surface area contributed by atoms with Crippen molar-refractivity contribution in [2.24, 2.45) is 0 Å². The van der Waals surface area contributed by atoms with E-state index in [1.165, 1.54) is 11.1 Å². The molecule has 2 atom stereocenters. The Bertz CT molecular complexity index is 1240. The monoisotopic (exact) mass is 505 g/mol. The molecule has 0 radical (unpaired) electrons. The van der Waals surface area contributed by atoms with Gasteiger partial charge in [-0.25, -0.2) is 0 Å². The van der Waals surface area contributed by atoms with Crippen LogP contribution in [0.3, 0.4) is 0 Å². The largest absolute Gasteiger partial charge is 0.496 e. The van der Waals surface area contributed by atoms with E-state index in [0.717, 1.165) is 54.5 Å². The number of nitrogens with one attached hydrogen (secondary N) is 1. The second kappa shape index (κ2) is 11.5. The van der Waals surface area contributed by atoms with Gasteiger partial charge in [0, 0.05) is 25.5 Å². The number of ether oxygens (including phenoxy) is 3. The number of carbonyl (C=O) groups is 1. The van der Waals surface area contributed by atoms with Crippen LogP contribution in [0.4, 0.5) is 0 Å². The van der Waals surface area contributed by atoms with E-state index in [1.807, 2.05) is 23.1 Å². The van der Waals surface area contributed by atoms with Crippen LogP contribution in [0.1, 0.15) is 45.5 Å². The van der Waals surface area contributed by atoms with Gasteiger partial charge in [0.25, 0.3) is 5.91 Å². The predicted molar refractivity (Wildman–Crippen MR) is 140 cm³/mol. The summed E-state index contributed by atoms with van der Waals surface area (Å²) in [5, 5.41) is 17.7. The lowest BCUT2D eigenvalue weighted by atomic mass is 9.92. The number of aliphatic hydroxyl groups excluding tert-OH is 1. The Hall–Kier alpha value is -3.20. The number of rotatable bonds is 9. The summed E-state index contributed by atoms with van der Waals surface area (Å²) in [6.07, 6.45) is 7.47. The lowest BCUT2D eigenvalue weighted by Gasteiger charge is -2.29. The molecular formula is C29H35N3O5. The van der Waals surface area contributed by atoms with E-state index in [2.05, 4.69) is 34.7 Å². The van der Waals surface area contributed by atoms with Crippen LogP contribution in [-0.4, -0.2) is 67.0 Å². The van der Waals surface area contributed by atoms with Gasteiger partial charge in [0.05, 0.1) is 50.8 Å². The second-order valence-electron chi connectivity index (χ2n) is 9.80. The normalized spacial score (nSPS) is 19.0. The fourth-order valence-electron chi connectivity index (χ4n) is 5.39. The number of nitrogens with zero attached hydrogens (tertiary/aromatic N) is 2. The van der Waals surface area contributed by atoms with Gasteiger partial charge in [-0.15, -0.1) is 0 Å². The number of hydrogen-bond donors (Lipinski definition) is 2. The molecule has 3 aromatic rings. The summed E-state index contributed by atoms with van der Waals surface area (Å²) >= 11 is 0. The number of fused-ring (bicyclic) bond motifs is 1. The molecular weight excluding hydrogens is 470 g/mol. The van der Waals surface area contributed by atoms with Gasteiger partial charge in [-0.1, -0.05) is 24.3 Å². The maximum absolute atomic E-state index is 13.4. The molecule has 5 rings (SSSR count). The molecule has 2 aliphatic rings. The number of hydrogen-bond acceptors (Lipinski definition) is 6. The zero-order chi connectivity index (χ0) is 25.8.